The van der Waals surface area contributed by atoms with Gasteiger partial charge in [0.15, 0.2) is 0 Å². The van der Waals surface area contributed by atoms with Crippen LogP contribution in [0.2, 0.25) is 0 Å². The minimum absolute atomic E-state index is 0.195. The lowest BCUT2D eigenvalue weighted by atomic mass is 10.0. The molecule has 0 saturated carbocycles. The van der Waals surface area contributed by atoms with E-state index in [0.29, 0.717) is 6.04 Å². The zero-order valence-corrected chi connectivity index (χ0v) is 13.2. The van der Waals surface area contributed by atoms with Crippen molar-refractivity contribution in [3.8, 4) is 5.75 Å². The number of benzene rings is 1. The van der Waals surface area contributed by atoms with Crippen LogP contribution in [-0.4, -0.2) is 12.6 Å². The highest BCUT2D eigenvalue weighted by atomic mass is 32.1. The van der Waals surface area contributed by atoms with Crippen LogP contribution in [0.1, 0.15) is 37.3 Å². The van der Waals surface area contributed by atoms with Crippen LogP contribution < -0.4 is 10.1 Å². The van der Waals surface area contributed by atoms with E-state index in [4.69, 9.17) is 4.74 Å². The van der Waals surface area contributed by atoms with E-state index in [1.165, 1.54) is 10.4 Å². The molecule has 108 valence electrons. The summed E-state index contributed by atoms with van der Waals surface area (Å²) in [6, 6.07) is 13.0. The van der Waals surface area contributed by atoms with Gasteiger partial charge in [0, 0.05) is 22.9 Å². The Balaban J connectivity index is 2.24. The van der Waals surface area contributed by atoms with E-state index in [1.807, 2.05) is 17.4 Å². The number of para-hydroxylation sites is 1. The van der Waals surface area contributed by atoms with Gasteiger partial charge in [0.25, 0.3) is 0 Å². The van der Waals surface area contributed by atoms with Crippen LogP contribution in [-0.2, 0) is 6.42 Å². The van der Waals surface area contributed by atoms with Crippen molar-refractivity contribution in [1.82, 2.24) is 5.32 Å². The van der Waals surface area contributed by atoms with Gasteiger partial charge in [-0.1, -0.05) is 31.2 Å². The Hall–Kier alpha value is -1.32. The van der Waals surface area contributed by atoms with Crippen molar-refractivity contribution >= 4 is 11.3 Å². The van der Waals surface area contributed by atoms with Gasteiger partial charge in [-0.05, 0) is 37.9 Å². The second-order valence-corrected chi connectivity index (χ2v) is 6.13. The first kappa shape index (κ1) is 15.1. The van der Waals surface area contributed by atoms with Gasteiger partial charge in [0.1, 0.15) is 5.75 Å². The van der Waals surface area contributed by atoms with Crippen molar-refractivity contribution in [2.45, 2.75) is 39.3 Å². The Morgan fingerprint density at radius 1 is 1.15 bits per heavy atom. The molecule has 0 radical (unpaired) electrons. The largest absolute Gasteiger partial charge is 0.491 e. The summed E-state index contributed by atoms with van der Waals surface area (Å²) in [5.41, 5.74) is 1.25. The standard InChI is InChI=1S/C17H23NOS/c1-4-18-16(12-14-8-7-11-20-14)15-9-5-6-10-17(15)19-13(2)3/h5-11,13,16,18H,4,12H2,1-3H3. The van der Waals surface area contributed by atoms with Crippen molar-refractivity contribution in [2.24, 2.45) is 0 Å². The molecule has 2 aromatic rings. The fourth-order valence-corrected chi connectivity index (χ4v) is 3.05. The maximum absolute atomic E-state index is 5.96. The van der Waals surface area contributed by atoms with Crippen LogP contribution in [0.25, 0.3) is 0 Å². The molecule has 1 N–H and O–H groups in total. The summed E-state index contributed by atoms with van der Waals surface area (Å²) in [5.74, 6) is 0.991. The van der Waals surface area contributed by atoms with Crippen molar-refractivity contribution in [3.05, 3.63) is 52.2 Å². The molecule has 1 aromatic carbocycles. The highest BCUT2D eigenvalue weighted by Crippen LogP contribution is 2.29. The molecule has 0 aliphatic rings. The van der Waals surface area contributed by atoms with E-state index in [-0.39, 0.29) is 6.10 Å². The van der Waals surface area contributed by atoms with E-state index in [1.54, 1.807) is 0 Å². The predicted octanol–water partition coefficient (Wildman–Crippen LogP) is 4.43. The zero-order chi connectivity index (χ0) is 14.4. The van der Waals surface area contributed by atoms with Crippen molar-refractivity contribution in [2.75, 3.05) is 6.54 Å². The molecule has 20 heavy (non-hydrogen) atoms. The number of ether oxygens (including phenoxy) is 1. The molecule has 0 aliphatic heterocycles. The van der Waals surface area contributed by atoms with Gasteiger partial charge >= 0.3 is 0 Å². The second kappa shape index (κ2) is 7.46. The monoisotopic (exact) mass is 289 g/mol. The third-order valence-electron chi connectivity index (χ3n) is 3.09. The predicted molar refractivity (Wildman–Crippen MR) is 86.6 cm³/mol. The molecule has 0 amide bonds. The summed E-state index contributed by atoms with van der Waals surface area (Å²) in [6.07, 6.45) is 1.20. The average molecular weight is 289 g/mol. The summed E-state index contributed by atoms with van der Waals surface area (Å²) < 4.78 is 5.96. The Kier molecular flexibility index (Phi) is 5.62. The van der Waals surface area contributed by atoms with E-state index >= 15 is 0 Å². The number of rotatable bonds is 7. The van der Waals surface area contributed by atoms with Crippen LogP contribution in [0.15, 0.2) is 41.8 Å². The summed E-state index contributed by atoms with van der Waals surface area (Å²) >= 11 is 1.81. The maximum Gasteiger partial charge on any atom is 0.124 e. The summed E-state index contributed by atoms with van der Waals surface area (Å²) in [7, 11) is 0. The Morgan fingerprint density at radius 2 is 1.95 bits per heavy atom. The third kappa shape index (κ3) is 4.09. The third-order valence-corrected chi connectivity index (χ3v) is 3.99. The molecule has 3 heteroatoms. The first-order valence-electron chi connectivity index (χ1n) is 7.22. The molecule has 1 atom stereocenters. The number of nitrogens with one attached hydrogen (secondary N) is 1. The van der Waals surface area contributed by atoms with Crippen molar-refractivity contribution < 1.29 is 4.74 Å². The van der Waals surface area contributed by atoms with Crippen LogP contribution in [0, 0.1) is 0 Å². The van der Waals surface area contributed by atoms with Crippen LogP contribution in [0.5, 0.6) is 5.75 Å². The maximum atomic E-state index is 5.96. The van der Waals surface area contributed by atoms with Crippen molar-refractivity contribution in [1.29, 1.82) is 0 Å². The van der Waals surface area contributed by atoms with E-state index in [9.17, 15) is 0 Å². The minimum atomic E-state index is 0.195. The lowest BCUT2D eigenvalue weighted by molar-refractivity contribution is 0.237. The van der Waals surface area contributed by atoms with Gasteiger partial charge in [-0.2, -0.15) is 0 Å². The summed E-state index contributed by atoms with van der Waals surface area (Å²) in [5, 5.41) is 5.71. The number of hydrogen-bond donors (Lipinski definition) is 1. The quantitative estimate of drug-likeness (QED) is 0.814. The zero-order valence-electron chi connectivity index (χ0n) is 12.4. The normalized spacial score (nSPS) is 12.6. The SMILES string of the molecule is CCNC(Cc1cccs1)c1ccccc1OC(C)C. The second-order valence-electron chi connectivity index (χ2n) is 5.10. The molecule has 0 bridgehead atoms. The minimum Gasteiger partial charge on any atom is -0.491 e. The first-order chi connectivity index (χ1) is 9.70. The Bertz CT molecular complexity index is 507. The number of likely N-dealkylation sites (N-methyl/N-ethyl adjacent to an activating group) is 1. The number of hydrogen-bond acceptors (Lipinski definition) is 3. The van der Waals surface area contributed by atoms with Gasteiger partial charge in [-0.3, -0.25) is 0 Å². The van der Waals surface area contributed by atoms with Gasteiger partial charge in [-0.15, -0.1) is 11.3 Å². The van der Waals surface area contributed by atoms with Gasteiger partial charge in [0.05, 0.1) is 6.10 Å². The molecule has 2 nitrogen and oxygen atoms in total. The van der Waals surface area contributed by atoms with E-state index in [0.717, 1.165) is 18.7 Å². The van der Waals surface area contributed by atoms with Crippen molar-refractivity contribution in [3.63, 3.8) is 0 Å². The molecule has 0 aliphatic carbocycles. The lowest BCUT2D eigenvalue weighted by Crippen LogP contribution is -2.23. The summed E-state index contributed by atoms with van der Waals surface area (Å²) in [6.45, 7) is 7.23. The molecule has 1 unspecified atom stereocenters. The number of thiophene rings is 1. The van der Waals surface area contributed by atoms with Crippen LogP contribution in [0.4, 0.5) is 0 Å². The molecule has 2 rings (SSSR count). The van der Waals surface area contributed by atoms with Crippen LogP contribution in [0.3, 0.4) is 0 Å². The molecular weight excluding hydrogens is 266 g/mol. The fraction of sp³-hybridized carbons (Fsp3) is 0.412. The first-order valence-corrected chi connectivity index (χ1v) is 8.10. The Labute approximate surface area is 125 Å². The topological polar surface area (TPSA) is 21.3 Å². The van der Waals surface area contributed by atoms with E-state index < -0.39 is 0 Å². The average Bonchev–Trinajstić information content (AvgIpc) is 2.91. The molecule has 0 fully saturated rings. The molecular formula is C17H23NOS. The van der Waals surface area contributed by atoms with E-state index in [2.05, 4.69) is 61.8 Å². The van der Waals surface area contributed by atoms with Gasteiger partial charge in [0.2, 0.25) is 0 Å². The smallest absolute Gasteiger partial charge is 0.124 e. The molecule has 1 heterocycles. The Morgan fingerprint density at radius 3 is 2.60 bits per heavy atom. The van der Waals surface area contributed by atoms with Gasteiger partial charge in [-0.25, -0.2) is 0 Å². The fourth-order valence-electron chi connectivity index (χ4n) is 2.30. The molecule has 0 saturated heterocycles. The molecule has 1 aromatic heterocycles. The van der Waals surface area contributed by atoms with Gasteiger partial charge < -0.3 is 10.1 Å². The highest BCUT2D eigenvalue weighted by Gasteiger charge is 2.16. The summed E-state index contributed by atoms with van der Waals surface area (Å²) in [4.78, 5) is 1.40. The highest BCUT2D eigenvalue weighted by molar-refractivity contribution is 7.09. The molecule has 0 spiro atoms. The van der Waals surface area contributed by atoms with Crippen LogP contribution >= 0.6 is 11.3 Å². The lowest BCUT2D eigenvalue weighted by Gasteiger charge is -2.22.